The molecule has 6 heteroatoms. The van der Waals surface area contributed by atoms with E-state index in [-0.39, 0.29) is 35.0 Å². The summed E-state index contributed by atoms with van der Waals surface area (Å²) in [6.45, 7) is 5.23. The zero-order valence-electron chi connectivity index (χ0n) is 19.2. The van der Waals surface area contributed by atoms with Crippen LogP contribution in [0.2, 0.25) is 0 Å². The van der Waals surface area contributed by atoms with Gasteiger partial charge in [-0.05, 0) is 75.0 Å². The molecule has 1 heterocycles. The van der Waals surface area contributed by atoms with Gasteiger partial charge in [-0.1, -0.05) is 13.8 Å². The van der Waals surface area contributed by atoms with Crippen molar-refractivity contribution in [3.05, 3.63) is 0 Å². The summed E-state index contributed by atoms with van der Waals surface area (Å²) >= 11 is 0. The molecular weight excluding hydrogens is 378 g/mol. The zero-order chi connectivity index (χ0) is 21.6. The molecule has 5 rings (SSSR count). The lowest BCUT2D eigenvalue weighted by Gasteiger charge is -2.56. The van der Waals surface area contributed by atoms with Gasteiger partial charge in [0, 0.05) is 38.5 Å². The standard InChI is InChI=1S/C24H39N3O3/c1-15(2)20(22(29)27-7-5-19(6-8-27)21(28)26(3)4)25-23(30)24-12-16-9-17(13-24)11-18(10-16)14-24/h15-20H,5-14H2,1-4H3,(H,25,30). The van der Waals surface area contributed by atoms with Crippen LogP contribution in [0.4, 0.5) is 0 Å². The van der Waals surface area contributed by atoms with Crippen molar-refractivity contribution < 1.29 is 14.4 Å². The first-order valence-electron chi connectivity index (χ1n) is 12.0. The Bertz CT molecular complexity index is 659. The SMILES string of the molecule is CC(C)C(NC(=O)C12CC3CC(CC(C3)C1)C2)C(=O)N1CCC(C(=O)N(C)C)CC1. The highest BCUT2D eigenvalue weighted by molar-refractivity contribution is 5.91. The smallest absolute Gasteiger partial charge is 0.245 e. The number of nitrogens with zero attached hydrogens (tertiary/aromatic N) is 2. The van der Waals surface area contributed by atoms with Crippen LogP contribution in [-0.2, 0) is 14.4 Å². The van der Waals surface area contributed by atoms with Crippen LogP contribution in [0.15, 0.2) is 0 Å². The molecule has 1 saturated heterocycles. The van der Waals surface area contributed by atoms with Gasteiger partial charge < -0.3 is 15.1 Å². The maximum atomic E-state index is 13.5. The van der Waals surface area contributed by atoms with Crippen molar-refractivity contribution in [2.24, 2.45) is 35.0 Å². The fraction of sp³-hybridized carbons (Fsp3) is 0.875. The molecule has 4 bridgehead atoms. The van der Waals surface area contributed by atoms with Crippen LogP contribution >= 0.6 is 0 Å². The Kier molecular flexibility index (Phi) is 5.88. The van der Waals surface area contributed by atoms with E-state index in [0.717, 1.165) is 19.3 Å². The second kappa shape index (κ2) is 8.16. The van der Waals surface area contributed by atoms with Crippen LogP contribution in [0.25, 0.3) is 0 Å². The first kappa shape index (κ1) is 21.6. The lowest BCUT2D eigenvalue weighted by molar-refractivity contribution is -0.151. The number of likely N-dealkylation sites (tertiary alicyclic amines) is 1. The van der Waals surface area contributed by atoms with Crippen LogP contribution in [-0.4, -0.2) is 60.7 Å². The van der Waals surface area contributed by atoms with E-state index in [1.54, 1.807) is 19.0 Å². The van der Waals surface area contributed by atoms with Gasteiger partial charge in [0.05, 0.1) is 0 Å². The van der Waals surface area contributed by atoms with Crippen LogP contribution in [0.3, 0.4) is 0 Å². The van der Waals surface area contributed by atoms with Crippen molar-refractivity contribution in [2.45, 2.75) is 71.3 Å². The highest BCUT2D eigenvalue weighted by atomic mass is 16.2. The van der Waals surface area contributed by atoms with E-state index in [1.807, 2.05) is 18.7 Å². The molecule has 168 valence electrons. The molecule has 1 atom stereocenters. The number of hydrogen-bond acceptors (Lipinski definition) is 3. The molecule has 1 N–H and O–H groups in total. The number of amides is 3. The highest BCUT2D eigenvalue weighted by Crippen LogP contribution is 2.60. The lowest BCUT2D eigenvalue weighted by atomic mass is 9.49. The number of rotatable bonds is 5. The minimum Gasteiger partial charge on any atom is -0.349 e. The van der Waals surface area contributed by atoms with Crippen molar-refractivity contribution in [3.8, 4) is 0 Å². The van der Waals surface area contributed by atoms with Crippen molar-refractivity contribution in [3.63, 3.8) is 0 Å². The molecular formula is C24H39N3O3. The third kappa shape index (κ3) is 3.99. The molecule has 0 spiro atoms. The molecule has 0 aromatic carbocycles. The van der Waals surface area contributed by atoms with Crippen molar-refractivity contribution >= 4 is 17.7 Å². The molecule has 0 aromatic rings. The maximum Gasteiger partial charge on any atom is 0.245 e. The van der Waals surface area contributed by atoms with Gasteiger partial charge in [-0.25, -0.2) is 0 Å². The normalized spacial score (nSPS) is 34.2. The van der Waals surface area contributed by atoms with Crippen LogP contribution in [0.1, 0.15) is 65.2 Å². The summed E-state index contributed by atoms with van der Waals surface area (Å²) < 4.78 is 0. The Balaban J connectivity index is 1.39. The summed E-state index contributed by atoms with van der Waals surface area (Å²) in [4.78, 5) is 42.6. The van der Waals surface area contributed by atoms with Gasteiger partial charge in [0.25, 0.3) is 0 Å². The van der Waals surface area contributed by atoms with Gasteiger partial charge in [0.2, 0.25) is 17.7 Å². The Hall–Kier alpha value is -1.59. The van der Waals surface area contributed by atoms with Crippen LogP contribution in [0, 0.1) is 35.0 Å². The van der Waals surface area contributed by atoms with Crippen molar-refractivity contribution in [2.75, 3.05) is 27.2 Å². The van der Waals surface area contributed by atoms with Gasteiger partial charge in [-0.2, -0.15) is 0 Å². The summed E-state index contributed by atoms with van der Waals surface area (Å²) in [7, 11) is 3.57. The number of hydrogen-bond donors (Lipinski definition) is 1. The molecule has 0 aromatic heterocycles. The van der Waals surface area contributed by atoms with E-state index in [2.05, 4.69) is 5.32 Å². The Morgan fingerprint density at radius 1 is 0.933 bits per heavy atom. The lowest BCUT2D eigenvalue weighted by Crippen LogP contribution is -2.59. The minimum absolute atomic E-state index is 0.00293. The van der Waals surface area contributed by atoms with E-state index in [1.165, 1.54) is 19.3 Å². The number of carbonyl (C=O) groups excluding carboxylic acids is 3. The summed E-state index contributed by atoms with van der Waals surface area (Å²) in [6.07, 6.45) is 8.37. The Labute approximate surface area is 181 Å². The van der Waals surface area contributed by atoms with Gasteiger partial charge in [0.15, 0.2) is 0 Å². The molecule has 6 nitrogen and oxygen atoms in total. The monoisotopic (exact) mass is 417 g/mol. The van der Waals surface area contributed by atoms with Gasteiger partial charge in [-0.3, -0.25) is 14.4 Å². The van der Waals surface area contributed by atoms with E-state index >= 15 is 0 Å². The Morgan fingerprint density at radius 2 is 1.43 bits per heavy atom. The van der Waals surface area contributed by atoms with E-state index in [0.29, 0.717) is 43.7 Å². The summed E-state index contributed by atoms with van der Waals surface area (Å²) in [6, 6.07) is -0.466. The molecule has 5 aliphatic rings. The van der Waals surface area contributed by atoms with Crippen LogP contribution < -0.4 is 5.32 Å². The fourth-order valence-corrected chi connectivity index (χ4v) is 7.11. The largest absolute Gasteiger partial charge is 0.349 e. The van der Waals surface area contributed by atoms with E-state index in [4.69, 9.17) is 0 Å². The quantitative estimate of drug-likeness (QED) is 0.748. The number of nitrogens with one attached hydrogen (secondary N) is 1. The van der Waals surface area contributed by atoms with Gasteiger partial charge >= 0.3 is 0 Å². The summed E-state index contributed by atoms with van der Waals surface area (Å²) in [5.41, 5.74) is -0.229. The molecule has 5 fully saturated rings. The molecule has 1 aliphatic heterocycles. The summed E-state index contributed by atoms with van der Waals surface area (Å²) in [5.74, 6) is 2.50. The molecule has 30 heavy (non-hydrogen) atoms. The molecule has 4 saturated carbocycles. The van der Waals surface area contributed by atoms with Gasteiger partial charge in [-0.15, -0.1) is 0 Å². The predicted octanol–water partition coefficient (Wildman–Crippen LogP) is 2.67. The van der Waals surface area contributed by atoms with E-state index in [9.17, 15) is 14.4 Å². The minimum atomic E-state index is -0.466. The zero-order valence-corrected chi connectivity index (χ0v) is 19.2. The summed E-state index contributed by atoms with van der Waals surface area (Å²) in [5, 5.41) is 3.22. The predicted molar refractivity (Wildman–Crippen MR) is 115 cm³/mol. The first-order chi connectivity index (χ1) is 14.2. The third-order valence-electron chi connectivity index (χ3n) is 8.34. The van der Waals surface area contributed by atoms with E-state index < -0.39 is 6.04 Å². The maximum absolute atomic E-state index is 13.5. The number of piperidine rings is 1. The highest BCUT2D eigenvalue weighted by Gasteiger charge is 2.55. The number of carbonyl (C=O) groups is 3. The van der Waals surface area contributed by atoms with Crippen LogP contribution in [0.5, 0.6) is 0 Å². The first-order valence-corrected chi connectivity index (χ1v) is 12.0. The molecule has 0 radical (unpaired) electrons. The topological polar surface area (TPSA) is 69.7 Å². The Morgan fingerprint density at radius 3 is 1.87 bits per heavy atom. The molecule has 1 unspecified atom stereocenters. The second-order valence-corrected chi connectivity index (χ2v) is 11.2. The fourth-order valence-electron chi connectivity index (χ4n) is 7.11. The van der Waals surface area contributed by atoms with Crippen molar-refractivity contribution in [1.29, 1.82) is 0 Å². The molecule has 3 amide bonds. The average Bonchev–Trinajstić information content (AvgIpc) is 2.69. The van der Waals surface area contributed by atoms with Gasteiger partial charge in [0.1, 0.15) is 6.04 Å². The van der Waals surface area contributed by atoms with Crippen molar-refractivity contribution in [1.82, 2.24) is 15.1 Å². The average molecular weight is 418 g/mol. The molecule has 4 aliphatic carbocycles. The second-order valence-electron chi connectivity index (χ2n) is 11.2. The third-order valence-corrected chi connectivity index (χ3v) is 8.34.